The topological polar surface area (TPSA) is 191 Å². The van der Waals surface area contributed by atoms with E-state index in [2.05, 4.69) is 102 Å². The van der Waals surface area contributed by atoms with E-state index in [-0.39, 0.29) is 48.1 Å². The van der Waals surface area contributed by atoms with E-state index in [0.29, 0.717) is 57.1 Å². The molecule has 1 saturated carbocycles. The molecule has 0 radical (unpaired) electrons. The van der Waals surface area contributed by atoms with Crippen LogP contribution in [0.15, 0.2) is 54.8 Å². The Morgan fingerprint density at radius 1 is 1.01 bits per heavy atom. The number of rotatable bonds is 21. The van der Waals surface area contributed by atoms with Gasteiger partial charge in [0, 0.05) is 111 Å². The minimum atomic E-state index is -1.15. The van der Waals surface area contributed by atoms with Crippen LogP contribution < -0.4 is 15.6 Å². The van der Waals surface area contributed by atoms with Gasteiger partial charge in [-0.05, 0) is 95.1 Å². The molecule has 5 fully saturated rings. The summed E-state index contributed by atoms with van der Waals surface area (Å²) in [5, 5.41) is 7.24. The van der Waals surface area contributed by atoms with E-state index < -0.39 is 28.8 Å². The van der Waals surface area contributed by atoms with Gasteiger partial charge in [-0.2, -0.15) is 0 Å². The van der Waals surface area contributed by atoms with Gasteiger partial charge in [0.05, 0.1) is 73.2 Å². The number of aryl methyl sites for hydroxylation is 1. The molecule has 5 aliphatic rings. The summed E-state index contributed by atoms with van der Waals surface area (Å²) < 4.78 is 26.6. The average Bonchev–Trinajstić information content (AvgIpc) is 4.38. The summed E-state index contributed by atoms with van der Waals surface area (Å²) in [7, 11) is 2.63. The van der Waals surface area contributed by atoms with Gasteiger partial charge in [0.1, 0.15) is 17.0 Å². The number of aromatic nitrogens is 4. The summed E-state index contributed by atoms with van der Waals surface area (Å²) in [5.74, 6) is -0.389. The molecular weight excluding hydrogens is 1040 g/mol. The van der Waals surface area contributed by atoms with Crippen molar-refractivity contribution in [2.24, 2.45) is 11.3 Å². The zero-order chi connectivity index (χ0) is 58.8. The second kappa shape index (κ2) is 28.1. The maximum absolute atomic E-state index is 14.1. The Bertz CT molecular complexity index is 2820. The fourth-order valence-corrected chi connectivity index (χ4v) is 12.6. The predicted octanol–water partition coefficient (Wildman–Crippen LogP) is 7.17. The lowest BCUT2D eigenvalue weighted by atomic mass is 9.83. The Labute approximate surface area is 484 Å². The highest BCUT2D eigenvalue weighted by atomic mass is 32.2. The van der Waals surface area contributed by atoms with Crippen LogP contribution in [0, 0.1) is 11.3 Å². The number of anilines is 1. The van der Waals surface area contributed by atoms with Crippen LogP contribution in [0.3, 0.4) is 0 Å². The van der Waals surface area contributed by atoms with E-state index in [9.17, 15) is 23.4 Å². The van der Waals surface area contributed by atoms with Crippen LogP contribution >= 0.6 is 0 Å². The Hall–Kier alpha value is -5.64. The fraction of sp³-hybridized carbons (Fsp3) is 0.623. The molecule has 7 heterocycles. The van der Waals surface area contributed by atoms with E-state index in [4.69, 9.17) is 19.4 Å². The first-order valence-corrected chi connectivity index (χ1v) is 30.7. The number of carbonyl (C=O) groups excluding carboxylic acids is 4. The number of nitrogens with one attached hydrogen (secondary N) is 2. The number of nitrogens with zero attached hydrogens (tertiary/aromatic N) is 10. The average molecular weight is 1140 g/mol. The van der Waals surface area contributed by atoms with E-state index in [1.165, 1.54) is 30.7 Å². The molecule has 20 heteroatoms. The molecule has 3 amide bonds. The van der Waals surface area contributed by atoms with Crippen molar-refractivity contribution < 1.29 is 32.9 Å². The molecule has 19 nitrogen and oxygen atoms in total. The summed E-state index contributed by atoms with van der Waals surface area (Å²) in [4.78, 5) is 74.5. The van der Waals surface area contributed by atoms with Crippen LogP contribution in [0.1, 0.15) is 124 Å². The van der Waals surface area contributed by atoms with E-state index in [1.807, 2.05) is 46.7 Å². The highest BCUT2D eigenvalue weighted by Gasteiger charge is 2.53. The summed E-state index contributed by atoms with van der Waals surface area (Å²) >= 11 is 0. The quantitative estimate of drug-likeness (QED) is 0.0631. The Morgan fingerprint density at radius 3 is 2.35 bits per heavy atom. The van der Waals surface area contributed by atoms with Gasteiger partial charge in [-0.15, -0.1) is 0 Å². The van der Waals surface area contributed by atoms with E-state index in [1.54, 1.807) is 26.6 Å². The van der Waals surface area contributed by atoms with Gasteiger partial charge in [0.25, 0.3) is 5.91 Å². The van der Waals surface area contributed by atoms with Crippen LogP contribution in [-0.2, 0) is 59.0 Å². The minimum Gasteiger partial charge on any atom is -0.465 e. The van der Waals surface area contributed by atoms with Gasteiger partial charge >= 0.3 is 5.97 Å². The number of carbonyl (C=O) groups is 4. The summed E-state index contributed by atoms with van der Waals surface area (Å²) in [6.45, 7) is 32.6. The Morgan fingerprint density at radius 2 is 1.74 bits per heavy atom. The Balaban J connectivity index is 0.000000508. The standard InChI is InChI=1S/C51H74N10O4.C8H12N2O3S.C2H6/c1-11-34(5)46-41(27-39(30-53-46)59-23-21-58(22-24-59)38-16-17-38)48-42(28-51(7,8)32-65-35(6)62)40-25-36(15-18-45(40)60(48)12-2)44-31-52-29-37(55-44)26-43(50(64)61-20-14-13-19-54-61)56-49(63)47(33(3)4)57(9)10;1-2-14(12)10-5-8(6-10)9(7-11)3-4-13-8;1-2/h15,18,25,27,29-31,33-34,38,43,47,54H,11-14,16-17,19-24,26,28,32H2,1-10H3,(H,56,63);2,7H,1,3-6H2;1-2H3. The summed E-state index contributed by atoms with van der Waals surface area (Å²) in [5.41, 5.74) is 11.3. The number of hydrazine groups is 1. The lowest BCUT2D eigenvalue weighted by molar-refractivity contribution is -0.162. The SMILES string of the molecule is C=CS(=O)N1CC2(C1)OCCN2C=O.CC.CCC(C)c1ncc(N2CCN(C3CC3)CC2)cc1-c1c(CC(C)(C)COC(C)=O)c2cc(-c3cncc(CC(NC(=O)C(C(C)C)N(C)C)C(=O)N4CCCCN4)n3)ccc2n1CC. The third kappa shape index (κ3) is 15.0. The number of ether oxygens (including phenoxy) is 2. The molecule has 2 N–H and O–H groups in total. The van der Waals surface area contributed by atoms with Crippen LogP contribution in [0.25, 0.3) is 33.4 Å². The third-order valence-electron chi connectivity index (χ3n) is 16.2. The van der Waals surface area contributed by atoms with Gasteiger partial charge in [-0.1, -0.05) is 68.0 Å². The van der Waals surface area contributed by atoms with Gasteiger partial charge < -0.3 is 29.2 Å². The largest absolute Gasteiger partial charge is 0.465 e. The molecule has 4 unspecified atom stereocenters. The molecule has 1 aromatic carbocycles. The number of hydrogen-bond donors (Lipinski definition) is 2. The first-order valence-electron chi connectivity index (χ1n) is 29.6. The van der Waals surface area contributed by atoms with Crippen LogP contribution in [0.2, 0.25) is 0 Å². The number of pyridine rings is 1. The normalized spacial score (nSPS) is 19.0. The van der Waals surface area contributed by atoms with Crippen LogP contribution in [0.4, 0.5) is 5.69 Å². The van der Waals surface area contributed by atoms with Crippen molar-refractivity contribution in [1.82, 2.24) is 54.3 Å². The highest BCUT2D eigenvalue weighted by Crippen LogP contribution is 2.43. The van der Waals surface area contributed by atoms with Crippen molar-refractivity contribution in [3.63, 3.8) is 0 Å². The molecule has 1 spiro atoms. The Kier molecular flexibility index (Phi) is 21.8. The molecule has 4 aliphatic heterocycles. The van der Waals surface area contributed by atoms with Gasteiger partial charge in [-0.3, -0.25) is 44.0 Å². The number of fused-ring (bicyclic) bond motifs is 1. The second-order valence-electron chi connectivity index (χ2n) is 23.4. The predicted molar refractivity (Wildman–Crippen MR) is 321 cm³/mol. The van der Waals surface area contributed by atoms with Crippen molar-refractivity contribution in [3.8, 4) is 22.5 Å². The molecular formula is C61H92N12O7S. The van der Waals surface area contributed by atoms with Gasteiger partial charge in [0.2, 0.25) is 12.3 Å². The number of likely N-dealkylation sites (N-methyl/N-ethyl adjacent to an activating group) is 1. The van der Waals surface area contributed by atoms with E-state index in [0.717, 1.165) is 104 Å². The number of hydrogen-bond acceptors (Lipinski definition) is 14. The molecule has 4 atom stereocenters. The third-order valence-corrected chi connectivity index (χ3v) is 17.3. The molecule has 4 saturated heterocycles. The maximum atomic E-state index is 14.1. The van der Waals surface area contributed by atoms with Crippen molar-refractivity contribution in [3.05, 3.63) is 71.8 Å². The first kappa shape index (κ1) is 63.0. The zero-order valence-corrected chi connectivity index (χ0v) is 51.3. The van der Waals surface area contributed by atoms with E-state index >= 15 is 0 Å². The highest BCUT2D eigenvalue weighted by molar-refractivity contribution is 7.85. The molecule has 4 aromatic rings. The molecule has 444 valence electrons. The number of esters is 1. The molecule has 81 heavy (non-hydrogen) atoms. The maximum Gasteiger partial charge on any atom is 0.302 e. The van der Waals surface area contributed by atoms with Crippen LogP contribution in [-0.4, -0.2) is 182 Å². The smallest absolute Gasteiger partial charge is 0.302 e. The lowest BCUT2D eigenvalue weighted by Crippen LogP contribution is -2.68. The summed E-state index contributed by atoms with van der Waals surface area (Å²) in [6.07, 6.45) is 12.7. The lowest BCUT2D eigenvalue weighted by Gasteiger charge is -2.48. The first-order chi connectivity index (χ1) is 38.8. The molecule has 3 aromatic heterocycles. The number of benzene rings is 1. The monoisotopic (exact) mass is 1140 g/mol. The molecule has 9 rings (SSSR count). The second-order valence-corrected chi connectivity index (χ2v) is 24.8. The summed E-state index contributed by atoms with van der Waals surface area (Å²) in [6, 6.07) is 8.43. The van der Waals surface area contributed by atoms with Crippen molar-refractivity contribution in [1.29, 1.82) is 0 Å². The van der Waals surface area contributed by atoms with Crippen LogP contribution in [0.5, 0.6) is 0 Å². The van der Waals surface area contributed by atoms with Crippen molar-refractivity contribution in [2.75, 3.05) is 91.1 Å². The van der Waals surface area contributed by atoms with Crippen molar-refractivity contribution in [2.45, 2.75) is 150 Å². The number of amides is 3. The fourth-order valence-electron chi connectivity index (χ4n) is 11.7. The molecule has 0 bridgehead atoms. The van der Waals surface area contributed by atoms with Gasteiger partial charge in [0.15, 0.2) is 5.72 Å². The zero-order valence-electron chi connectivity index (χ0n) is 50.5. The van der Waals surface area contributed by atoms with Gasteiger partial charge in [-0.25, -0.2) is 18.9 Å². The number of piperazine rings is 1. The minimum absolute atomic E-state index is 0.0433. The molecule has 1 aliphatic carbocycles. The van der Waals surface area contributed by atoms with Crippen molar-refractivity contribution >= 4 is 51.8 Å².